The fraction of sp³-hybridized carbons (Fsp3) is 0.389. The number of hydrogen-bond acceptors (Lipinski definition) is 5. The molecule has 1 fully saturated rings. The van der Waals surface area contributed by atoms with Crippen LogP contribution in [0.15, 0.2) is 36.4 Å². The molecule has 0 unspecified atom stereocenters. The van der Waals surface area contributed by atoms with E-state index >= 15 is 0 Å². The zero-order valence-corrected chi connectivity index (χ0v) is 15.8. The number of hydrogen-bond donors (Lipinski definition) is 2. The molecule has 2 rings (SSSR count). The number of amides is 1. The Kier molecular flexibility index (Phi) is 9.92. The van der Waals surface area contributed by atoms with E-state index in [1.54, 1.807) is 4.90 Å². The molecule has 1 saturated heterocycles. The second kappa shape index (κ2) is 11.9. The topological polar surface area (TPSA) is 107 Å². The van der Waals surface area contributed by atoms with E-state index in [1.165, 1.54) is 5.56 Å². The normalized spacial score (nSPS) is 14.4. The Labute approximate surface area is 162 Å². The number of carbonyl (C=O) groups is 3. The Hall–Kier alpha value is -2.58. The summed E-state index contributed by atoms with van der Waals surface area (Å²) in [4.78, 5) is 34.8. The summed E-state index contributed by atoms with van der Waals surface area (Å²) in [5, 5.41) is 16.4. The van der Waals surface area contributed by atoms with Crippen molar-refractivity contribution in [2.75, 3.05) is 32.8 Å². The van der Waals surface area contributed by atoms with Gasteiger partial charge in [-0.25, -0.2) is 14.4 Å². The Bertz CT molecular complexity index is 638. The molecule has 1 amide bonds. The molecule has 0 radical (unpaired) electrons. The van der Waals surface area contributed by atoms with E-state index in [0.29, 0.717) is 18.8 Å². The maximum absolute atomic E-state index is 11.6. The molecule has 2 N–H and O–H groups in total. The van der Waals surface area contributed by atoms with Gasteiger partial charge in [0.05, 0.1) is 6.61 Å². The van der Waals surface area contributed by atoms with Gasteiger partial charge in [-0.2, -0.15) is 0 Å². The van der Waals surface area contributed by atoms with Crippen molar-refractivity contribution in [2.45, 2.75) is 13.5 Å². The number of benzene rings is 1. The van der Waals surface area contributed by atoms with E-state index in [9.17, 15) is 14.4 Å². The van der Waals surface area contributed by atoms with Crippen LogP contribution in [0.4, 0.5) is 4.79 Å². The lowest BCUT2D eigenvalue weighted by Gasteiger charge is -2.34. The van der Waals surface area contributed by atoms with Gasteiger partial charge in [0, 0.05) is 49.9 Å². The van der Waals surface area contributed by atoms with Gasteiger partial charge in [0.1, 0.15) is 0 Å². The Morgan fingerprint density at radius 3 is 2.00 bits per heavy atom. The highest BCUT2D eigenvalue weighted by atomic mass is 35.5. The first-order chi connectivity index (χ1) is 12.8. The maximum atomic E-state index is 11.6. The summed E-state index contributed by atoms with van der Waals surface area (Å²) in [5.41, 5.74) is 1.24. The number of carboxylic acids is 2. The standard InChI is InChI=1S/C14H19ClN2O2.C4H4O4/c1-2-19-14(18)17-9-7-16(8-10-17)11-12-3-5-13(15)6-4-12;5-3(6)1-2-4(7)8/h3-6H,2,7-11H2,1H3;1-2H,(H,5,6)(H,7,8)/b;2-1+. The van der Waals surface area contributed by atoms with Crippen LogP contribution in [0.5, 0.6) is 0 Å². The molecular weight excluding hydrogens is 376 g/mol. The van der Waals surface area contributed by atoms with Crippen molar-refractivity contribution in [3.8, 4) is 0 Å². The van der Waals surface area contributed by atoms with Crippen LogP contribution >= 0.6 is 11.6 Å². The van der Waals surface area contributed by atoms with Crippen molar-refractivity contribution in [3.63, 3.8) is 0 Å². The van der Waals surface area contributed by atoms with E-state index < -0.39 is 11.9 Å². The predicted molar refractivity (Wildman–Crippen MR) is 99.7 cm³/mol. The van der Waals surface area contributed by atoms with Crippen molar-refractivity contribution in [2.24, 2.45) is 0 Å². The summed E-state index contributed by atoms with van der Waals surface area (Å²) in [6.07, 6.45) is 0.915. The van der Waals surface area contributed by atoms with Gasteiger partial charge in [-0.3, -0.25) is 4.90 Å². The van der Waals surface area contributed by atoms with Crippen molar-refractivity contribution in [1.82, 2.24) is 9.80 Å². The second-order valence-electron chi connectivity index (χ2n) is 5.60. The largest absolute Gasteiger partial charge is 0.478 e. The molecule has 148 valence electrons. The lowest BCUT2D eigenvalue weighted by atomic mass is 10.2. The summed E-state index contributed by atoms with van der Waals surface area (Å²) in [6, 6.07) is 7.90. The number of carboxylic acid groups (broad SMARTS) is 2. The smallest absolute Gasteiger partial charge is 0.409 e. The first-order valence-corrected chi connectivity index (χ1v) is 8.72. The van der Waals surface area contributed by atoms with Gasteiger partial charge in [-0.1, -0.05) is 23.7 Å². The number of rotatable bonds is 5. The molecule has 9 heteroatoms. The summed E-state index contributed by atoms with van der Waals surface area (Å²) in [5.74, 6) is -2.51. The summed E-state index contributed by atoms with van der Waals surface area (Å²) in [6.45, 7) is 6.37. The summed E-state index contributed by atoms with van der Waals surface area (Å²) >= 11 is 5.87. The number of halogens is 1. The molecule has 0 bridgehead atoms. The van der Waals surface area contributed by atoms with Crippen LogP contribution in [-0.4, -0.2) is 70.8 Å². The molecule has 0 aliphatic carbocycles. The number of ether oxygens (including phenoxy) is 1. The van der Waals surface area contributed by atoms with Crippen LogP contribution in [-0.2, 0) is 20.9 Å². The minimum atomic E-state index is -1.26. The van der Waals surface area contributed by atoms with Crippen LogP contribution < -0.4 is 0 Å². The van der Waals surface area contributed by atoms with Crippen molar-refractivity contribution in [1.29, 1.82) is 0 Å². The quantitative estimate of drug-likeness (QED) is 0.733. The van der Waals surface area contributed by atoms with E-state index in [-0.39, 0.29) is 6.09 Å². The fourth-order valence-electron chi connectivity index (χ4n) is 2.29. The first kappa shape index (κ1) is 22.5. The highest BCUT2D eigenvalue weighted by Crippen LogP contribution is 2.13. The molecule has 1 aliphatic heterocycles. The number of carbonyl (C=O) groups excluding carboxylic acids is 1. The van der Waals surface area contributed by atoms with Gasteiger partial charge in [0.25, 0.3) is 0 Å². The molecular formula is C18H23ClN2O6. The SMILES string of the molecule is CCOC(=O)N1CCN(Cc2ccc(Cl)cc2)CC1.O=C(O)/C=C/C(=O)O. The van der Waals surface area contributed by atoms with E-state index in [2.05, 4.69) is 4.90 Å². The lowest BCUT2D eigenvalue weighted by Crippen LogP contribution is -2.48. The fourth-order valence-corrected chi connectivity index (χ4v) is 2.42. The number of aliphatic carboxylic acids is 2. The third kappa shape index (κ3) is 9.62. The third-order valence-corrected chi connectivity index (χ3v) is 3.84. The average molecular weight is 399 g/mol. The zero-order chi connectivity index (χ0) is 20.2. The molecule has 8 nitrogen and oxygen atoms in total. The molecule has 1 aromatic carbocycles. The molecule has 0 saturated carbocycles. The average Bonchev–Trinajstić information content (AvgIpc) is 2.63. The molecule has 27 heavy (non-hydrogen) atoms. The van der Waals surface area contributed by atoms with Crippen molar-refractivity contribution >= 4 is 29.6 Å². The lowest BCUT2D eigenvalue weighted by molar-refractivity contribution is -0.134. The highest BCUT2D eigenvalue weighted by Gasteiger charge is 2.21. The Balaban J connectivity index is 0.000000387. The van der Waals surface area contributed by atoms with E-state index in [4.69, 9.17) is 26.6 Å². The van der Waals surface area contributed by atoms with E-state index in [1.807, 2.05) is 31.2 Å². The summed E-state index contributed by atoms with van der Waals surface area (Å²) < 4.78 is 5.00. The molecule has 1 aliphatic rings. The minimum Gasteiger partial charge on any atom is -0.478 e. The minimum absolute atomic E-state index is 0.200. The van der Waals surface area contributed by atoms with Gasteiger partial charge < -0.3 is 19.8 Å². The van der Waals surface area contributed by atoms with Crippen molar-refractivity contribution < 1.29 is 29.3 Å². The summed E-state index contributed by atoms with van der Waals surface area (Å²) in [7, 11) is 0. The first-order valence-electron chi connectivity index (χ1n) is 8.34. The van der Waals surface area contributed by atoms with Gasteiger partial charge in [0.15, 0.2) is 0 Å². The Morgan fingerprint density at radius 2 is 1.56 bits per heavy atom. The van der Waals surface area contributed by atoms with Crippen LogP contribution in [0, 0.1) is 0 Å². The number of piperazine rings is 1. The molecule has 0 spiro atoms. The van der Waals surface area contributed by atoms with E-state index in [0.717, 1.165) is 37.7 Å². The molecule has 1 aromatic rings. The highest BCUT2D eigenvalue weighted by molar-refractivity contribution is 6.30. The zero-order valence-electron chi connectivity index (χ0n) is 15.0. The third-order valence-electron chi connectivity index (χ3n) is 3.59. The van der Waals surface area contributed by atoms with Crippen LogP contribution in [0.3, 0.4) is 0 Å². The maximum Gasteiger partial charge on any atom is 0.409 e. The number of nitrogens with zero attached hydrogens (tertiary/aromatic N) is 2. The van der Waals surface area contributed by atoms with Gasteiger partial charge >= 0.3 is 18.0 Å². The molecule has 0 aromatic heterocycles. The molecule has 1 heterocycles. The Morgan fingerprint density at radius 1 is 1.04 bits per heavy atom. The van der Waals surface area contributed by atoms with Crippen LogP contribution in [0.2, 0.25) is 5.02 Å². The van der Waals surface area contributed by atoms with Gasteiger partial charge in [-0.15, -0.1) is 0 Å². The van der Waals surface area contributed by atoms with Crippen LogP contribution in [0.25, 0.3) is 0 Å². The van der Waals surface area contributed by atoms with Crippen molar-refractivity contribution in [3.05, 3.63) is 47.0 Å². The van der Waals surface area contributed by atoms with Crippen LogP contribution in [0.1, 0.15) is 12.5 Å². The predicted octanol–water partition coefficient (Wildman–Crippen LogP) is 2.33. The molecule has 0 atom stereocenters. The van der Waals surface area contributed by atoms with Gasteiger partial charge in [0.2, 0.25) is 0 Å². The second-order valence-corrected chi connectivity index (χ2v) is 6.03. The monoisotopic (exact) mass is 398 g/mol. The van der Waals surface area contributed by atoms with Gasteiger partial charge in [-0.05, 0) is 24.6 Å².